The van der Waals surface area contributed by atoms with Gasteiger partial charge in [0, 0.05) is 43.2 Å². The Bertz CT molecular complexity index is 1270. The Morgan fingerprint density at radius 1 is 1.06 bits per heavy atom. The van der Waals surface area contributed by atoms with Gasteiger partial charge in [-0.15, -0.1) is 11.3 Å². The van der Waals surface area contributed by atoms with Gasteiger partial charge in [-0.05, 0) is 41.3 Å². The number of nitrogens with one attached hydrogen (secondary N) is 1. The van der Waals surface area contributed by atoms with Gasteiger partial charge in [0.05, 0.1) is 11.4 Å². The number of hydrogen-bond donors (Lipinski definition) is 1. The summed E-state index contributed by atoms with van der Waals surface area (Å²) in [6, 6.07) is 21.0. The van der Waals surface area contributed by atoms with E-state index in [1.807, 2.05) is 46.6 Å². The molecular formula is C26H24N4O2S. The van der Waals surface area contributed by atoms with Gasteiger partial charge in [-0.25, -0.2) is 0 Å². The molecule has 0 radical (unpaired) electrons. The van der Waals surface area contributed by atoms with E-state index in [4.69, 9.17) is 5.10 Å². The molecule has 1 N–H and O–H groups in total. The van der Waals surface area contributed by atoms with Crippen molar-refractivity contribution in [1.29, 1.82) is 0 Å². The van der Waals surface area contributed by atoms with Crippen LogP contribution in [0.1, 0.15) is 21.5 Å². The minimum absolute atomic E-state index is 0.118. The van der Waals surface area contributed by atoms with Gasteiger partial charge in [-0.3, -0.25) is 14.3 Å². The van der Waals surface area contributed by atoms with Gasteiger partial charge in [0.2, 0.25) is 5.91 Å². The molecule has 166 valence electrons. The lowest BCUT2D eigenvalue weighted by Gasteiger charge is -2.11. The predicted molar refractivity (Wildman–Crippen MR) is 133 cm³/mol. The molecule has 2 aromatic heterocycles. The van der Waals surface area contributed by atoms with Gasteiger partial charge in [0.25, 0.3) is 5.91 Å². The van der Waals surface area contributed by atoms with E-state index < -0.39 is 0 Å². The number of thiophene rings is 1. The van der Waals surface area contributed by atoms with Crippen molar-refractivity contribution in [3.63, 3.8) is 0 Å². The molecule has 4 aromatic rings. The summed E-state index contributed by atoms with van der Waals surface area (Å²) in [5.41, 5.74) is 3.93. The number of benzene rings is 2. The van der Waals surface area contributed by atoms with E-state index in [2.05, 4.69) is 17.4 Å². The van der Waals surface area contributed by atoms with Crippen molar-refractivity contribution in [3.05, 3.63) is 101 Å². The summed E-state index contributed by atoms with van der Waals surface area (Å²) in [5.74, 6) is -0.398. The van der Waals surface area contributed by atoms with Crippen molar-refractivity contribution in [2.45, 2.75) is 6.54 Å². The van der Waals surface area contributed by atoms with Gasteiger partial charge in [-0.1, -0.05) is 42.5 Å². The van der Waals surface area contributed by atoms with Gasteiger partial charge in [0.15, 0.2) is 0 Å². The molecule has 0 spiro atoms. The zero-order valence-corrected chi connectivity index (χ0v) is 19.3. The van der Waals surface area contributed by atoms with E-state index in [-0.39, 0.29) is 11.8 Å². The maximum Gasteiger partial charge on any atom is 0.253 e. The highest BCUT2D eigenvalue weighted by molar-refractivity contribution is 7.13. The molecule has 0 aliphatic heterocycles. The van der Waals surface area contributed by atoms with E-state index >= 15 is 0 Å². The summed E-state index contributed by atoms with van der Waals surface area (Å²) in [4.78, 5) is 27.3. The third-order valence-electron chi connectivity index (χ3n) is 4.93. The number of amides is 2. The quantitative estimate of drug-likeness (QED) is 0.397. The van der Waals surface area contributed by atoms with E-state index in [0.717, 1.165) is 21.7 Å². The summed E-state index contributed by atoms with van der Waals surface area (Å²) in [7, 11) is 3.39. The fourth-order valence-corrected chi connectivity index (χ4v) is 4.08. The highest BCUT2D eigenvalue weighted by Crippen LogP contribution is 2.28. The normalized spacial score (nSPS) is 11.0. The standard InChI is InChI=1S/C26H24N4O2S/c1-29(2)26(32)20-10-6-11-22(16-20)27-24(31)14-13-21-18-30(17-19-8-4-3-5-9-19)28-25(21)23-12-7-15-33-23/h3-16,18H,17H2,1-2H3,(H,27,31)/b14-13+. The van der Waals surface area contributed by atoms with Crippen molar-refractivity contribution < 1.29 is 9.59 Å². The van der Waals surface area contributed by atoms with Crippen molar-refractivity contribution in [2.75, 3.05) is 19.4 Å². The fraction of sp³-hybridized carbons (Fsp3) is 0.115. The smallest absolute Gasteiger partial charge is 0.253 e. The Morgan fingerprint density at radius 2 is 1.88 bits per heavy atom. The molecule has 0 atom stereocenters. The molecule has 7 heteroatoms. The lowest BCUT2D eigenvalue weighted by molar-refractivity contribution is -0.111. The first-order valence-electron chi connectivity index (χ1n) is 10.5. The Morgan fingerprint density at radius 3 is 2.61 bits per heavy atom. The fourth-order valence-electron chi connectivity index (χ4n) is 3.35. The minimum Gasteiger partial charge on any atom is -0.345 e. The van der Waals surface area contributed by atoms with Crippen LogP contribution < -0.4 is 5.32 Å². The van der Waals surface area contributed by atoms with Crippen molar-refractivity contribution >= 4 is 34.9 Å². The van der Waals surface area contributed by atoms with E-state index in [9.17, 15) is 9.59 Å². The first-order chi connectivity index (χ1) is 16.0. The zero-order chi connectivity index (χ0) is 23.2. The molecule has 0 aliphatic carbocycles. The highest BCUT2D eigenvalue weighted by atomic mass is 32.1. The van der Waals surface area contributed by atoms with Crippen LogP contribution in [0.15, 0.2) is 84.4 Å². The van der Waals surface area contributed by atoms with Gasteiger partial charge < -0.3 is 10.2 Å². The molecule has 0 saturated heterocycles. The molecule has 0 aliphatic rings. The largest absolute Gasteiger partial charge is 0.345 e. The maximum absolute atomic E-state index is 12.6. The summed E-state index contributed by atoms with van der Waals surface area (Å²) < 4.78 is 1.89. The second-order valence-corrected chi connectivity index (χ2v) is 8.64. The van der Waals surface area contributed by atoms with Crippen LogP contribution in [0.25, 0.3) is 16.6 Å². The molecule has 6 nitrogen and oxygen atoms in total. The van der Waals surface area contributed by atoms with Crippen molar-refractivity contribution in [1.82, 2.24) is 14.7 Å². The maximum atomic E-state index is 12.6. The van der Waals surface area contributed by atoms with Crippen LogP contribution in [-0.2, 0) is 11.3 Å². The highest BCUT2D eigenvalue weighted by Gasteiger charge is 2.12. The number of aromatic nitrogens is 2. The Hall–Kier alpha value is -3.97. The Balaban J connectivity index is 1.53. The summed E-state index contributed by atoms with van der Waals surface area (Å²) in [5, 5.41) is 9.59. The van der Waals surface area contributed by atoms with Gasteiger partial charge in [-0.2, -0.15) is 5.10 Å². The second kappa shape index (κ2) is 10.1. The number of rotatable bonds is 7. The van der Waals surface area contributed by atoms with Gasteiger partial charge in [0.1, 0.15) is 5.69 Å². The van der Waals surface area contributed by atoms with Crippen LogP contribution in [0.4, 0.5) is 5.69 Å². The first kappa shape index (κ1) is 22.2. The molecule has 0 saturated carbocycles. The molecule has 2 heterocycles. The van der Waals surface area contributed by atoms with Crippen LogP contribution in [-0.4, -0.2) is 40.6 Å². The Labute approximate surface area is 196 Å². The van der Waals surface area contributed by atoms with E-state index in [0.29, 0.717) is 17.8 Å². The average molecular weight is 457 g/mol. The topological polar surface area (TPSA) is 67.2 Å². The zero-order valence-electron chi connectivity index (χ0n) is 18.4. The van der Waals surface area contributed by atoms with Crippen LogP contribution in [0.3, 0.4) is 0 Å². The van der Waals surface area contributed by atoms with Crippen LogP contribution in [0.5, 0.6) is 0 Å². The molecule has 0 fully saturated rings. The molecule has 2 aromatic carbocycles. The molecule has 0 unspecified atom stereocenters. The molecular weight excluding hydrogens is 432 g/mol. The molecule has 33 heavy (non-hydrogen) atoms. The third kappa shape index (κ3) is 5.64. The summed E-state index contributed by atoms with van der Waals surface area (Å²) >= 11 is 1.61. The van der Waals surface area contributed by atoms with Crippen molar-refractivity contribution in [2.24, 2.45) is 0 Å². The first-order valence-corrected chi connectivity index (χ1v) is 11.3. The number of carbonyl (C=O) groups excluding carboxylic acids is 2. The van der Waals surface area contributed by atoms with Crippen LogP contribution >= 0.6 is 11.3 Å². The number of carbonyl (C=O) groups is 2. The van der Waals surface area contributed by atoms with E-state index in [1.54, 1.807) is 55.8 Å². The molecule has 4 rings (SSSR count). The number of anilines is 1. The molecule has 2 amide bonds. The monoisotopic (exact) mass is 456 g/mol. The third-order valence-corrected chi connectivity index (χ3v) is 5.81. The molecule has 0 bridgehead atoms. The SMILES string of the molecule is CN(C)C(=O)c1cccc(NC(=O)/C=C/c2cn(Cc3ccccc3)nc2-c2cccs2)c1. The summed E-state index contributed by atoms with van der Waals surface area (Å²) in [6.07, 6.45) is 5.21. The van der Waals surface area contributed by atoms with Gasteiger partial charge >= 0.3 is 0 Å². The second-order valence-electron chi connectivity index (χ2n) is 7.70. The van der Waals surface area contributed by atoms with Crippen LogP contribution in [0.2, 0.25) is 0 Å². The Kier molecular flexibility index (Phi) is 6.80. The number of nitrogens with zero attached hydrogens (tertiary/aromatic N) is 3. The predicted octanol–water partition coefficient (Wildman–Crippen LogP) is 5.01. The number of hydrogen-bond acceptors (Lipinski definition) is 4. The lowest BCUT2D eigenvalue weighted by Crippen LogP contribution is -2.21. The summed E-state index contributed by atoms with van der Waals surface area (Å²) in [6.45, 7) is 0.645. The van der Waals surface area contributed by atoms with Crippen LogP contribution in [0, 0.1) is 0 Å². The minimum atomic E-state index is -0.280. The van der Waals surface area contributed by atoms with Crippen molar-refractivity contribution in [3.8, 4) is 10.6 Å². The van der Waals surface area contributed by atoms with E-state index in [1.165, 1.54) is 11.0 Å². The average Bonchev–Trinajstić information content (AvgIpc) is 3.48. The lowest BCUT2D eigenvalue weighted by atomic mass is 10.1.